The fourth-order valence-corrected chi connectivity index (χ4v) is 3.10. The van der Waals surface area contributed by atoms with Gasteiger partial charge in [-0.1, -0.05) is 6.07 Å². The maximum atomic E-state index is 14.0. The highest BCUT2D eigenvalue weighted by Gasteiger charge is 2.26. The SMILES string of the molecule is CC(C)N1CCC(N(C)Cc2c(F)cccc2[N+](=O)[O-])CC1. The molecule has 0 radical (unpaired) electrons. The van der Waals surface area contributed by atoms with Gasteiger partial charge in [-0.3, -0.25) is 15.0 Å². The van der Waals surface area contributed by atoms with Crippen molar-refractivity contribution in [2.45, 2.75) is 45.3 Å². The third kappa shape index (κ3) is 3.81. The van der Waals surface area contributed by atoms with Crippen molar-refractivity contribution in [3.05, 3.63) is 39.7 Å². The van der Waals surface area contributed by atoms with E-state index in [0.29, 0.717) is 12.1 Å². The van der Waals surface area contributed by atoms with Gasteiger partial charge in [-0.05, 0) is 52.9 Å². The number of nitro benzene ring substituents is 1. The molecule has 0 amide bonds. The molecular formula is C16H24FN3O2. The van der Waals surface area contributed by atoms with Crippen molar-refractivity contribution in [1.82, 2.24) is 9.80 Å². The molecule has 1 aromatic carbocycles. The number of rotatable bonds is 5. The van der Waals surface area contributed by atoms with Crippen LogP contribution in [-0.4, -0.2) is 46.9 Å². The van der Waals surface area contributed by atoms with Crippen molar-refractivity contribution < 1.29 is 9.31 Å². The highest BCUT2D eigenvalue weighted by atomic mass is 19.1. The summed E-state index contributed by atoms with van der Waals surface area (Å²) in [5.74, 6) is -0.499. The van der Waals surface area contributed by atoms with Crippen LogP contribution in [0.4, 0.5) is 10.1 Å². The van der Waals surface area contributed by atoms with Gasteiger partial charge in [0.15, 0.2) is 0 Å². The van der Waals surface area contributed by atoms with E-state index in [-0.39, 0.29) is 17.8 Å². The van der Waals surface area contributed by atoms with Crippen LogP contribution in [0.25, 0.3) is 0 Å². The molecule has 2 rings (SSSR count). The van der Waals surface area contributed by atoms with E-state index in [9.17, 15) is 14.5 Å². The molecule has 122 valence electrons. The Balaban J connectivity index is 2.04. The fraction of sp³-hybridized carbons (Fsp3) is 0.625. The zero-order valence-electron chi connectivity index (χ0n) is 13.5. The van der Waals surface area contributed by atoms with Crippen molar-refractivity contribution in [1.29, 1.82) is 0 Å². The van der Waals surface area contributed by atoms with E-state index in [1.807, 2.05) is 11.9 Å². The van der Waals surface area contributed by atoms with Crippen LogP contribution < -0.4 is 0 Å². The van der Waals surface area contributed by atoms with Gasteiger partial charge in [0.05, 0.1) is 10.5 Å². The van der Waals surface area contributed by atoms with Gasteiger partial charge in [-0.15, -0.1) is 0 Å². The number of benzene rings is 1. The van der Waals surface area contributed by atoms with Crippen molar-refractivity contribution in [2.75, 3.05) is 20.1 Å². The zero-order chi connectivity index (χ0) is 16.3. The summed E-state index contributed by atoms with van der Waals surface area (Å²) in [5, 5.41) is 11.1. The summed E-state index contributed by atoms with van der Waals surface area (Å²) in [4.78, 5) is 15.0. The molecule has 5 nitrogen and oxygen atoms in total. The normalized spacial score (nSPS) is 17.4. The van der Waals surface area contributed by atoms with Crippen molar-refractivity contribution in [3.63, 3.8) is 0 Å². The Labute approximate surface area is 130 Å². The van der Waals surface area contributed by atoms with Crippen molar-refractivity contribution in [2.24, 2.45) is 0 Å². The molecule has 1 aliphatic heterocycles. The molecule has 0 unspecified atom stereocenters. The average Bonchev–Trinajstić information content (AvgIpc) is 2.49. The molecule has 0 spiro atoms. The van der Waals surface area contributed by atoms with E-state index in [4.69, 9.17) is 0 Å². The summed E-state index contributed by atoms with van der Waals surface area (Å²) < 4.78 is 14.0. The first-order valence-corrected chi connectivity index (χ1v) is 7.76. The predicted molar refractivity (Wildman–Crippen MR) is 84.3 cm³/mol. The van der Waals surface area contributed by atoms with E-state index in [1.165, 1.54) is 18.2 Å². The summed E-state index contributed by atoms with van der Waals surface area (Å²) >= 11 is 0. The van der Waals surface area contributed by atoms with E-state index >= 15 is 0 Å². The van der Waals surface area contributed by atoms with Gasteiger partial charge in [-0.2, -0.15) is 0 Å². The van der Waals surface area contributed by atoms with E-state index in [1.54, 1.807) is 0 Å². The maximum Gasteiger partial charge on any atom is 0.276 e. The molecule has 0 atom stereocenters. The van der Waals surface area contributed by atoms with Crippen molar-refractivity contribution >= 4 is 5.69 Å². The fourth-order valence-electron chi connectivity index (χ4n) is 3.10. The standard InChI is InChI=1S/C16H24FN3O2/c1-12(2)19-9-7-13(8-10-19)18(3)11-14-15(17)5-4-6-16(14)20(21)22/h4-6,12-13H,7-11H2,1-3H3. The van der Waals surface area contributed by atoms with Gasteiger partial charge >= 0.3 is 0 Å². The minimum atomic E-state index is -0.506. The Morgan fingerprint density at radius 3 is 2.59 bits per heavy atom. The van der Waals surface area contributed by atoms with Gasteiger partial charge in [0.25, 0.3) is 5.69 Å². The van der Waals surface area contributed by atoms with Crippen LogP contribution in [0.5, 0.6) is 0 Å². The second-order valence-corrected chi connectivity index (χ2v) is 6.27. The summed E-state index contributed by atoms with van der Waals surface area (Å²) in [6, 6.07) is 4.93. The number of hydrogen-bond acceptors (Lipinski definition) is 4. The summed E-state index contributed by atoms with van der Waals surface area (Å²) in [7, 11) is 1.92. The van der Waals surface area contributed by atoms with Gasteiger partial charge in [0, 0.05) is 24.7 Å². The summed E-state index contributed by atoms with van der Waals surface area (Å²) in [5.41, 5.74) is 0.0488. The number of halogens is 1. The molecule has 0 N–H and O–H groups in total. The molecule has 6 heteroatoms. The second-order valence-electron chi connectivity index (χ2n) is 6.27. The van der Waals surface area contributed by atoms with Crippen molar-refractivity contribution in [3.8, 4) is 0 Å². The largest absolute Gasteiger partial charge is 0.301 e. The maximum absolute atomic E-state index is 14.0. The third-order valence-electron chi connectivity index (χ3n) is 4.55. The number of piperidine rings is 1. The van der Waals surface area contributed by atoms with E-state index < -0.39 is 10.7 Å². The lowest BCUT2D eigenvalue weighted by molar-refractivity contribution is -0.386. The van der Waals surface area contributed by atoms with Gasteiger partial charge in [-0.25, -0.2) is 4.39 Å². The van der Waals surface area contributed by atoms with Gasteiger partial charge in [0.1, 0.15) is 5.82 Å². The van der Waals surface area contributed by atoms with Crippen LogP contribution in [0.2, 0.25) is 0 Å². The molecule has 1 fully saturated rings. The molecule has 0 bridgehead atoms. The highest BCUT2D eigenvalue weighted by molar-refractivity contribution is 5.40. The predicted octanol–water partition coefficient (Wildman–Crippen LogP) is 3.04. The number of likely N-dealkylation sites (tertiary alicyclic amines) is 1. The van der Waals surface area contributed by atoms with Crippen LogP contribution in [0.1, 0.15) is 32.3 Å². The molecule has 0 saturated carbocycles. The van der Waals surface area contributed by atoms with E-state index in [2.05, 4.69) is 18.7 Å². The summed E-state index contributed by atoms with van der Waals surface area (Å²) in [6.07, 6.45) is 2.02. The molecule has 1 aromatic rings. The average molecular weight is 309 g/mol. The first-order valence-electron chi connectivity index (χ1n) is 7.76. The molecular weight excluding hydrogens is 285 g/mol. The minimum absolute atomic E-state index is 0.133. The molecule has 1 heterocycles. The second kappa shape index (κ2) is 7.15. The molecule has 1 aliphatic rings. The highest BCUT2D eigenvalue weighted by Crippen LogP contribution is 2.25. The molecule has 0 aliphatic carbocycles. The van der Waals surface area contributed by atoms with Gasteiger partial charge in [0.2, 0.25) is 0 Å². The smallest absolute Gasteiger partial charge is 0.276 e. The Bertz CT molecular complexity index is 528. The molecule has 1 saturated heterocycles. The first kappa shape index (κ1) is 16.8. The first-order chi connectivity index (χ1) is 10.4. The minimum Gasteiger partial charge on any atom is -0.301 e. The topological polar surface area (TPSA) is 49.6 Å². The number of nitro groups is 1. The third-order valence-corrected chi connectivity index (χ3v) is 4.55. The lowest BCUT2D eigenvalue weighted by atomic mass is 10.0. The Morgan fingerprint density at radius 1 is 1.41 bits per heavy atom. The number of hydrogen-bond donors (Lipinski definition) is 0. The van der Waals surface area contributed by atoms with Crippen LogP contribution in [0.3, 0.4) is 0 Å². The summed E-state index contributed by atoms with van der Waals surface area (Å²) in [6.45, 7) is 6.69. The lowest BCUT2D eigenvalue weighted by Crippen LogP contribution is -2.45. The Hall–Kier alpha value is -1.53. The van der Waals surface area contributed by atoms with Crippen LogP contribution in [0, 0.1) is 15.9 Å². The Kier molecular flexibility index (Phi) is 5.47. The Morgan fingerprint density at radius 2 is 2.05 bits per heavy atom. The molecule has 22 heavy (non-hydrogen) atoms. The van der Waals surface area contributed by atoms with Crippen LogP contribution >= 0.6 is 0 Å². The lowest BCUT2D eigenvalue weighted by Gasteiger charge is -2.38. The van der Waals surface area contributed by atoms with Crippen LogP contribution in [0.15, 0.2) is 18.2 Å². The van der Waals surface area contributed by atoms with Crippen LogP contribution in [-0.2, 0) is 6.54 Å². The monoisotopic (exact) mass is 309 g/mol. The van der Waals surface area contributed by atoms with E-state index in [0.717, 1.165) is 25.9 Å². The molecule has 0 aromatic heterocycles. The quantitative estimate of drug-likeness (QED) is 0.619. The number of nitrogens with zero attached hydrogens (tertiary/aromatic N) is 3. The van der Waals surface area contributed by atoms with Gasteiger partial charge < -0.3 is 4.90 Å². The zero-order valence-corrected chi connectivity index (χ0v) is 13.5.